The van der Waals surface area contributed by atoms with Crippen LogP contribution >= 0.6 is 0 Å². The van der Waals surface area contributed by atoms with Gasteiger partial charge in [-0.15, -0.1) is 0 Å². The van der Waals surface area contributed by atoms with Crippen molar-refractivity contribution in [2.75, 3.05) is 18.5 Å². The normalized spacial score (nSPS) is 20.2. The highest BCUT2D eigenvalue weighted by molar-refractivity contribution is 5.83. The van der Waals surface area contributed by atoms with Crippen molar-refractivity contribution in [2.45, 2.75) is 57.5 Å². The molecular weight excluding hydrogens is 438 g/mol. The van der Waals surface area contributed by atoms with E-state index in [4.69, 9.17) is 4.98 Å². The van der Waals surface area contributed by atoms with Crippen LogP contribution in [0.4, 0.5) is 20.3 Å². The van der Waals surface area contributed by atoms with Crippen LogP contribution in [0.15, 0.2) is 24.5 Å². The molecule has 178 valence electrons. The molecule has 2 aliphatic heterocycles. The first-order valence-corrected chi connectivity index (χ1v) is 11.9. The van der Waals surface area contributed by atoms with Gasteiger partial charge in [0.25, 0.3) is 6.43 Å². The lowest BCUT2D eigenvalue weighted by molar-refractivity contribution is -0.135. The summed E-state index contributed by atoms with van der Waals surface area (Å²) in [7, 11) is 3.60. The van der Waals surface area contributed by atoms with Crippen LogP contribution in [-0.4, -0.2) is 43.7 Å². The molecule has 9 heteroatoms. The minimum atomic E-state index is -2.61. The maximum Gasteiger partial charge on any atom is 0.264 e. The van der Waals surface area contributed by atoms with Crippen LogP contribution in [-0.2, 0) is 24.8 Å². The number of halogens is 2. The maximum absolute atomic E-state index is 14.2. The van der Waals surface area contributed by atoms with Gasteiger partial charge in [-0.25, -0.2) is 13.8 Å². The molecule has 1 atom stereocenters. The molecule has 1 saturated carbocycles. The molecule has 0 saturated heterocycles. The van der Waals surface area contributed by atoms with E-state index < -0.39 is 6.43 Å². The molecule has 1 aromatic carbocycles. The number of carbonyl (C=O) groups excluding carboxylic acids is 1. The first-order valence-electron chi connectivity index (χ1n) is 11.9. The zero-order valence-electron chi connectivity index (χ0n) is 19.6. The van der Waals surface area contributed by atoms with Gasteiger partial charge in [-0.3, -0.25) is 9.48 Å². The molecule has 1 aliphatic carbocycles. The largest absolute Gasteiger partial charge is 0.338 e. The van der Waals surface area contributed by atoms with Gasteiger partial charge in [-0.1, -0.05) is 0 Å². The molecule has 6 rings (SSSR count). The highest BCUT2D eigenvalue weighted by Crippen LogP contribution is 2.47. The molecule has 1 unspecified atom stereocenters. The van der Waals surface area contributed by atoms with Gasteiger partial charge in [0.1, 0.15) is 11.9 Å². The fourth-order valence-electron chi connectivity index (χ4n) is 5.49. The maximum atomic E-state index is 14.2. The quantitative estimate of drug-likeness (QED) is 0.559. The van der Waals surface area contributed by atoms with E-state index in [1.165, 1.54) is 0 Å². The smallest absolute Gasteiger partial charge is 0.264 e. The van der Waals surface area contributed by atoms with Gasteiger partial charge in [-0.05, 0) is 55.9 Å². The number of alkyl halides is 2. The molecule has 1 fully saturated rings. The predicted molar refractivity (Wildman–Crippen MR) is 124 cm³/mol. The summed E-state index contributed by atoms with van der Waals surface area (Å²) in [6.45, 7) is 3.11. The number of likely N-dealkylation sites (N-methyl/N-ethyl adjacent to an activating group) is 1. The van der Waals surface area contributed by atoms with E-state index in [0.717, 1.165) is 54.3 Å². The molecular formula is C25H28F2N6O. The fourth-order valence-corrected chi connectivity index (χ4v) is 5.49. The Morgan fingerprint density at radius 3 is 2.65 bits per heavy atom. The molecule has 0 radical (unpaired) electrons. The number of rotatable bonds is 4. The van der Waals surface area contributed by atoms with Crippen LogP contribution in [0.1, 0.15) is 67.2 Å². The summed E-state index contributed by atoms with van der Waals surface area (Å²) in [6.07, 6.45) is 4.68. The molecule has 0 N–H and O–H groups in total. The minimum Gasteiger partial charge on any atom is -0.338 e. The second-order valence-corrected chi connectivity index (χ2v) is 9.78. The number of benzene rings is 1. The Labute approximate surface area is 197 Å². The first kappa shape index (κ1) is 21.3. The molecule has 3 aromatic rings. The van der Waals surface area contributed by atoms with Crippen LogP contribution in [0, 0.1) is 0 Å². The molecule has 1 amide bonds. The molecule has 0 bridgehead atoms. The van der Waals surface area contributed by atoms with Crippen molar-refractivity contribution >= 4 is 17.4 Å². The Morgan fingerprint density at radius 2 is 1.97 bits per heavy atom. The summed E-state index contributed by atoms with van der Waals surface area (Å²) >= 11 is 0. The van der Waals surface area contributed by atoms with Gasteiger partial charge < -0.3 is 14.4 Å². The van der Waals surface area contributed by atoms with Gasteiger partial charge in [0.15, 0.2) is 5.82 Å². The van der Waals surface area contributed by atoms with Crippen LogP contribution in [0.25, 0.3) is 11.1 Å². The lowest BCUT2D eigenvalue weighted by Gasteiger charge is -2.35. The Hall–Kier alpha value is -3.23. The first-order chi connectivity index (χ1) is 16.3. The van der Waals surface area contributed by atoms with E-state index in [9.17, 15) is 13.6 Å². The monoisotopic (exact) mass is 466 g/mol. The molecule has 0 spiro atoms. The predicted octanol–water partition coefficient (Wildman–Crippen LogP) is 4.72. The number of fused-ring (bicyclic) bond motifs is 2. The Kier molecular flexibility index (Phi) is 4.79. The van der Waals surface area contributed by atoms with E-state index in [2.05, 4.69) is 14.6 Å². The van der Waals surface area contributed by atoms with E-state index in [0.29, 0.717) is 30.1 Å². The van der Waals surface area contributed by atoms with Crippen LogP contribution in [0.3, 0.4) is 0 Å². The Balaban J connectivity index is 1.51. The van der Waals surface area contributed by atoms with Gasteiger partial charge in [-0.2, -0.15) is 5.10 Å². The average molecular weight is 467 g/mol. The average Bonchev–Trinajstić information content (AvgIpc) is 3.46. The van der Waals surface area contributed by atoms with Crippen molar-refractivity contribution in [3.63, 3.8) is 0 Å². The molecule has 3 aliphatic rings. The highest BCUT2D eigenvalue weighted by atomic mass is 19.3. The highest BCUT2D eigenvalue weighted by Gasteiger charge is 2.40. The van der Waals surface area contributed by atoms with Crippen molar-refractivity contribution < 1.29 is 13.6 Å². The number of imidazole rings is 1. The van der Waals surface area contributed by atoms with Gasteiger partial charge in [0.2, 0.25) is 5.91 Å². The van der Waals surface area contributed by atoms with Crippen molar-refractivity contribution in [3.05, 3.63) is 47.2 Å². The van der Waals surface area contributed by atoms with E-state index >= 15 is 0 Å². The number of anilines is 2. The summed E-state index contributed by atoms with van der Waals surface area (Å²) in [6, 6.07) is 3.24. The molecule has 7 nitrogen and oxygen atoms in total. The number of aryl methyl sites for hydroxylation is 2. The SMILES string of the molecule is CC1C(=O)N(C)Cc2c(N3CCCc4cc(-c5cnn(C)c5)c(C(F)F)cc43)nc(C3CC3)n21. The van der Waals surface area contributed by atoms with Crippen molar-refractivity contribution in [1.82, 2.24) is 24.2 Å². The van der Waals surface area contributed by atoms with Crippen LogP contribution < -0.4 is 4.90 Å². The Bertz CT molecular complexity index is 1290. The third kappa shape index (κ3) is 3.24. The van der Waals surface area contributed by atoms with E-state index in [-0.39, 0.29) is 17.5 Å². The second kappa shape index (κ2) is 7.65. The third-order valence-electron chi connectivity index (χ3n) is 7.34. The van der Waals surface area contributed by atoms with Crippen molar-refractivity contribution in [1.29, 1.82) is 0 Å². The summed E-state index contributed by atoms with van der Waals surface area (Å²) in [4.78, 5) is 21.6. The molecule has 4 heterocycles. The third-order valence-corrected chi connectivity index (χ3v) is 7.34. The van der Waals surface area contributed by atoms with E-state index in [1.807, 2.05) is 20.0 Å². The van der Waals surface area contributed by atoms with Gasteiger partial charge in [0.05, 0.1) is 18.4 Å². The standard InChI is InChI=1S/C25H28F2N6O/c1-14-25(34)30(2)13-21-24(29-23(33(14)21)15-6-7-15)32-8-4-5-16-9-18(17-11-28-31(3)12-17)19(22(26)27)10-20(16)32/h9-12,14-15,22H,4-8,13H2,1-3H3. The zero-order valence-corrected chi connectivity index (χ0v) is 19.6. The summed E-state index contributed by atoms with van der Waals surface area (Å²) in [5, 5.41) is 4.18. The fraction of sp³-hybridized carbons (Fsp3) is 0.480. The van der Waals surface area contributed by atoms with Gasteiger partial charge >= 0.3 is 0 Å². The molecule has 2 aromatic heterocycles. The number of aromatic nitrogens is 4. The number of nitrogens with zero attached hydrogens (tertiary/aromatic N) is 6. The summed E-state index contributed by atoms with van der Waals surface area (Å²) in [5.74, 6) is 2.23. The molecule has 34 heavy (non-hydrogen) atoms. The lowest BCUT2D eigenvalue weighted by atomic mass is 9.93. The topological polar surface area (TPSA) is 59.2 Å². The van der Waals surface area contributed by atoms with Crippen molar-refractivity contribution in [2.24, 2.45) is 7.05 Å². The lowest BCUT2D eigenvalue weighted by Crippen LogP contribution is -2.40. The summed E-state index contributed by atoms with van der Waals surface area (Å²) < 4.78 is 32.2. The number of hydrogen-bond acceptors (Lipinski definition) is 4. The second-order valence-electron chi connectivity index (χ2n) is 9.78. The van der Waals surface area contributed by atoms with Crippen LogP contribution in [0.5, 0.6) is 0 Å². The van der Waals surface area contributed by atoms with Crippen molar-refractivity contribution in [3.8, 4) is 11.1 Å². The van der Waals surface area contributed by atoms with Gasteiger partial charge in [0, 0.05) is 49.6 Å². The number of hydrogen-bond donors (Lipinski definition) is 0. The van der Waals surface area contributed by atoms with E-state index in [1.54, 1.807) is 35.1 Å². The minimum absolute atomic E-state index is 0.00908. The van der Waals surface area contributed by atoms with Crippen LogP contribution in [0.2, 0.25) is 0 Å². The summed E-state index contributed by atoms with van der Waals surface area (Å²) in [5.41, 5.74) is 4.08. The number of amides is 1. The Morgan fingerprint density at radius 1 is 1.18 bits per heavy atom. The zero-order chi connectivity index (χ0) is 23.7. The number of carbonyl (C=O) groups is 1.